The third kappa shape index (κ3) is 5.13. The molecule has 0 aliphatic rings. The van der Waals surface area contributed by atoms with Crippen LogP contribution in [-0.4, -0.2) is 28.7 Å². The van der Waals surface area contributed by atoms with Crippen LogP contribution in [0.1, 0.15) is 36.9 Å². The van der Waals surface area contributed by atoms with Gasteiger partial charge in [-0.25, -0.2) is 9.78 Å². The standard InChI is InChI=1S/C11H16N2O4S/c1-7(2)8-6-18-9(13-8)5-17-11(16)12-4-3-10(14)15/h6-7H,3-5H2,1-2H3,(H,12,16)(H,14,15). The van der Waals surface area contributed by atoms with Crippen LogP contribution in [0.25, 0.3) is 0 Å². The Balaban J connectivity index is 2.27. The minimum Gasteiger partial charge on any atom is -0.481 e. The van der Waals surface area contributed by atoms with Gasteiger partial charge in [-0.2, -0.15) is 0 Å². The summed E-state index contributed by atoms with van der Waals surface area (Å²) in [5.41, 5.74) is 0.977. The first kappa shape index (κ1) is 14.4. The number of alkyl carbamates (subject to hydrolysis) is 1. The Morgan fingerprint density at radius 2 is 2.28 bits per heavy atom. The number of hydrogen-bond acceptors (Lipinski definition) is 5. The van der Waals surface area contributed by atoms with Crippen molar-refractivity contribution in [1.29, 1.82) is 0 Å². The summed E-state index contributed by atoms with van der Waals surface area (Å²) in [6.45, 7) is 4.25. The van der Waals surface area contributed by atoms with Crippen LogP contribution >= 0.6 is 11.3 Å². The predicted molar refractivity (Wildman–Crippen MR) is 66.6 cm³/mol. The van der Waals surface area contributed by atoms with Crippen molar-refractivity contribution >= 4 is 23.4 Å². The van der Waals surface area contributed by atoms with E-state index < -0.39 is 12.1 Å². The summed E-state index contributed by atoms with van der Waals surface area (Å²) < 4.78 is 4.91. The van der Waals surface area contributed by atoms with E-state index in [-0.39, 0.29) is 19.6 Å². The zero-order chi connectivity index (χ0) is 13.5. The van der Waals surface area contributed by atoms with Gasteiger partial charge in [-0.1, -0.05) is 13.8 Å². The molecular weight excluding hydrogens is 256 g/mol. The summed E-state index contributed by atoms with van der Waals surface area (Å²) in [6, 6.07) is 0. The smallest absolute Gasteiger partial charge is 0.407 e. The molecule has 100 valence electrons. The lowest BCUT2D eigenvalue weighted by atomic mass is 10.2. The van der Waals surface area contributed by atoms with Gasteiger partial charge < -0.3 is 15.2 Å². The van der Waals surface area contributed by atoms with Gasteiger partial charge in [0.05, 0.1) is 12.1 Å². The molecule has 1 aromatic rings. The largest absolute Gasteiger partial charge is 0.481 e. The minimum absolute atomic E-state index is 0.0588. The van der Waals surface area contributed by atoms with Gasteiger partial charge >= 0.3 is 12.1 Å². The molecular formula is C11H16N2O4S. The molecule has 0 fully saturated rings. The molecule has 18 heavy (non-hydrogen) atoms. The van der Waals surface area contributed by atoms with Crippen LogP contribution in [0.2, 0.25) is 0 Å². The van der Waals surface area contributed by atoms with Crippen LogP contribution < -0.4 is 5.32 Å². The maximum absolute atomic E-state index is 11.2. The van der Waals surface area contributed by atoms with Gasteiger partial charge in [-0.05, 0) is 5.92 Å². The number of rotatable bonds is 6. The first-order chi connectivity index (χ1) is 8.49. The molecule has 2 N–H and O–H groups in total. The minimum atomic E-state index is -0.961. The average molecular weight is 272 g/mol. The van der Waals surface area contributed by atoms with E-state index in [9.17, 15) is 9.59 Å². The number of carboxylic acids is 1. The summed E-state index contributed by atoms with van der Waals surface area (Å²) in [5.74, 6) is -0.615. The number of carboxylic acid groups (broad SMARTS) is 1. The second kappa shape index (κ2) is 6.95. The average Bonchev–Trinajstić information content (AvgIpc) is 2.74. The van der Waals surface area contributed by atoms with E-state index in [1.165, 1.54) is 11.3 Å². The molecule has 1 aromatic heterocycles. The Morgan fingerprint density at radius 1 is 1.56 bits per heavy atom. The van der Waals surface area contributed by atoms with Crippen LogP contribution in [0.4, 0.5) is 4.79 Å². The van der Waals surface area contributed by atoms with E-state index in [2.05, 4.69) is 10.3 Å². The molecule has 6 nitrogen and oxygen atoms in total. The van der Waals surface area contributed by atoms with Crippen molar-refractivity contribution in [1.82, 2.24) is 10.3 Å². The van der Waals surface area contributed by atoms with E-state index in [0.29, 0.717) is 5.92 Å². The van der Waals surface area contributed by atoms with Crippen LogP contribution in [0, 0.1) is 0 Å². The number of carbonyl (C=O) groups is 2. The zero-order valence-corrected chi connectivity index (χ0v) is 11.1. The normalized spacial score (nSPS) is 10.4. The van der Waals surface area contributed by atoms with Gasteiger partial charge in [-0.15, -0.1) is 11.3 Å². The fourth-order valence-electron chi connectivity index (χ4n) is 1.11. The first-order valence-electron chi connectivity index (χ1n) is 5.55. The van der Waals surface area contributed by atoms with Crippen molar-refractivity contribution in [3.63, 3.8) is 0 Å². The van der Waals surface area contributed by atoms with Crippen LogP contribution in [0.3, 0.4) is 0 Å². The summed E-state index contributed by atoms with van der Waals surface area (Å²) in [6.07, 6.45) is -0.748. The Morgan fingerprint density at radius 3 is 2.83 bits per heavy atom. The van der Waals surface area contributed by atoms with Crippen molar-refractivity contribution in [3.8, 4) is 0 Å². The van der Waals surface area contributed by atoms with Crippen LogP contribution in [-0.2, 0) is 16.1 Å². The van der Waals surface area contributed by atoms with Crippen molar-refractivity contribution in [2.45, 2.75) is 32.8 Å². The van der Waals surface area contributed by atoms with E-state index in [1.54, 1.807) is 0 Å². The highest BCUT2D eigenvalue weighted by Crippen LogP contribution is 2.18. The third-order valence-electron chi connectivity index (χ3n) is 2.10. The van der Waals surface area contributed by atoms with Gasteiger partial charge in [0.15, 0.2) is 0 Å². The van der Waals surface area contributed by atoms with Crippen molar-refractivity contribution < 1.29 is 19.4 Å². The number of amides is 1. The molecule has 0 aliphatic heterocycles. The molecule has 0 saturated carbocycles. The van der Waals surface area contributed by atoms with Gasteiger partial charge in [0.25, 0.3) is 0 Å². The number of thiazole rings is 1. The van der Waals surface area contributed by atoms with Gasteiger partial charge in [0, 0.05) is 11.9 Å². The first-order valence-corrected chi connectivity index (χ1v) is 6.43. The van der Waals surface area contributed by atoms with Crippen LogP contribution in [0.15, 0.2) is 5.38 Å². The number of aliphatic carboxylic acids is 1. The quantitative estimate of drug-likeness (QED) is 0.826. The second-order valence-electron chi connectivity index (χ2n) is 3.97. The topological polar surface area (TPSA) is 88.5 Å². The fraction of sp³-hybridized carbons (Fsp3) is 0.545. The number of carbonyl (C=O) groups excluding carboxylic acids is 1. The van der Waals surface area contributed by atoms with E-state index in [0.717, 1.165) is 10.7 Å². The SMILES string of the molecule is CC(C)c1csc(COC(=O)NCCC(=O)O)n1. The molecule has 7 heteroatoms. The van der Waals surface area contributed by atoms with Gasteiger partial charge in [0.2, 0.25) is 0 Å². The number of ether oxygens (including phenoxy) is 1. The maximum Gasteiger partial charge on any atom is 0.407 e. The highest BCUT2D eigenvalue weighted by molar-refractivity contribution is 7.09. The lowest BCUT2D eigenvalue weighted by Gasteiger charge is -2.04. The number of nitrogens with zero attached hydrogens (tertiary/aromatic N) is 1. The Bertz CT molecular complexity index is 417. The third-order valence-corrected chi connectivity index (χ3v) is 2.94. The van der Waals surface area contributed by atoms with E-state index >= 15 is 0 Å². The zero-order valence-electron chi connectivity index (χ0n) is 10.3. The van der Waals surface area contributed by atoms with Gasteiger partial charge in [-0.3, -0.25) is 4.79 Å². The molecule has 0 atom stereocenters. The molecule has 1 heterocycles. The monoisotopic (exact) mass is 272 g/mol. The predicted octanol–water partition coefficient (Wildman–Crippen LogP) is 1.97. The summed E-state index contributed by atoms with van der Waals surface area (Å²) in [7, 11) is 0. The van der Waals surface area contributed by atoms with E-state index in [1.807, 2.05) is 19.2 Å². The molecule has 1 amide bonds. The molecule has 0 radical (unpaired) electrons. The maximum atomic E-state index is 11.2. The van der Waals surface area contributed by atoms with Crippen molar-refractivity contribution in [3.05, 3.63) is 16.1 Å². The highest BCUT2D eigenvalue weighted by Gasteiger charge is 2.08. The molecule has 1 rings (SSSR count). The molecule has 0 unspecified atom stereocenters. The molecule has 0 aromatic carbocycles. The summed E-state index contributed by atoms with van der Waals surface area (Å²) >= 11 is 1.44. The Labute approximate surface area is 109 Å². The van der Waals surface area contributed by atoms with Crippen molar-refractivity contribution in [2.75, 3.05) is 6.54 Å². The van der Waals surface area contributed by atoms with Gasteiger partial charge in [0.1, 0.15) is 11.6 Å². The molecule has 0 aliphatic carbocycles. The lowest BCUT2D eigenvalue weighted by Crippen LogP contribution is -2.26. The summed E-state index contributed by atoms with van der Waals surface area (Å²) in [5, 5.41) is 13.4. The number of aromatic nitrogens is 1. The van der Waals surface area contributed by atoms with Crippen molar-refractivity contribution in [2.24, 2.45) is 0 Å². The van der Waals surface area contributed by atoms with E-state index in [4.69, 9.17) is 9.84 Å². The fourth-order valence-corrected chi connectivity index (χ4v) is 1.97. The lowest BCUT2D eigenvalue weighted by molar-refractivity contribution is -0.136. The number of hydrogen-bond donors (Lipinski definition) is 2. The highest BCUT2D eigenvalue weighted by atomic mass is 32.1. The number of nitrogens with one attached hydrogen (secondary N) is 1. The Kier molecular flexibility index (Phi) is 5.57. The molecule has 0 spiro atoms. The summed E-state index contributed by atoms with van der Waals surface area (Å²) in [4.78, 5) is 25.7. The molecule has 0 bridgehead atoms. The second-order valence-corrected chi connectivity index (χ2v) is 4.91. The van der Waals surface area contributed by atoms with Crippen LogP contribution in [0.5, 0.6) is 0 Å². The Hall–Kier alpha value is -1.63. The molecule has 0 saturated heterocycles.